The van der Waals surface area contributed by atoms with Gasteiger partial charge in [-0.3, -0.25) is 9.69 Å². The van der Waals surface area contributed by atoms with Crippen LogP contribution in [0.4, 0.5) is 0 Å². The highest BCUT2D eigenvalue weighted by Crippen LogP contribution is 2.12. The zero-order chi connectivity index (χ0) is 11.4. The molecular weight excluding hydrogens is 190 g/mol. The van der Waals surface area contributed by atoms with E-state index in [0.717, 1.165) is 13.1 Å². The fourth-order valence-electron chi connectivity index (χ4n) is 2.15. The van der Waals surface area contributed by atoms with Crippen molar-refractivity contribution in [2.45, 2.75) is 51.7 Å². The van der Waals surface area contributed by atoms with Gasteiger partial charge in [-0.15, -0.1) is 0 Å². The fourth-order valence-corrected chi connectivity index (χ4v) is 2.15. The first-order chi connectivity index (χ1) is 7.02. The van der Waals surface area contributed by atoms with Crippen LogP contribution in [0.1, 0.15) is 33.6 Å². The van der Waals surface area contributed by atoms with Crippen molar-refractivity contribution < 1.29 is 4.79 Å². The molecule has 3 N–H and O–H groups in total. The number of nitrogens with two attached hydrogens (primary N) is 1. The molecule has 2 atom stereocenters. The number of carbonyl (C=O) groups excluding carboxylic acids is 1. The maximum absolute atomic E-state index is 11.2. The molecule has 1 aliphatic heterocycles. The number of rotatable bonds is 5. The third-order valence-corrected chi connectivity index (χ3v) is 3.17. The third kappa shape index (κ3) is 3.47. The average Bonchev–Trinajstić information content (AvgIpc) is 2.64. The lowest BCUT2D eigenvalue weighted by Gasteiger charge is -2.33. The van der Waals surface area contributed by atoms with Crippen LogP contribution in [0.3, 0.4) is 0 Å². The van der Waals surface area contributed by atoms with Crippen molar-refractivity contribution in [2.75, 3.05) is 13.1 Å². The molecule has 0 saturated carbocycles. The highest BCUT2D eigenvalue weighted by atomic mass is 16.1. The highest BCUT2D eigenvalue weighted by Gasteiger charge is 2.25. The van der Waals surface area contributed by atoms with Crippen LogP contribution < -0.4 is 11.1 Å². The average molecular weight is 213 g/mol. The Morgan fingerprint density at radius 1 is 1.53 bits per heavy atom. The molecule has 88 valence electrons. The van der Waals surface area contributed by atoms with Gasteiger partial charge >= 0.3 is 0 Å². The first-order valence-corrected chi connectivity index (χ1v) is 5.80. The van der Waals surface area contributed by atoms with Gasteiger partial charge in [0.1, 0.15) is 0 Å². The molecule has 4 heteroatoms. The summed E-state index contributed by atoms with van der Waals surface area (Å²) in [5, 5.41) is 3.44. The highest BCUT2D eigenvalue weighted by molar-refractivity contribution is 5.79. The zero-order valence-corrected chi connectivity index (χ0v) is 9.99. The summed E-state index contributed by atoms with van der Waals surface area (Å²) in [4.78, 5) is 13.4. The molecule has 0 spiro atoms. The summed E-state index contributed by atoms with van der Waals surface area (Å²) in [7, 11) is 0. The summed E-state index contributed by atoms with van der Waals surface area (Å²) in [6, 6.07) is 0.705. The van der Waals surface area contributed by atoms with Gasteiger partial charge in [-0.2, -0.15) is 0 Å². The molecule has 0 aromatic rings. The third-order valence-electron chi connectivity index (χ3n) is 3.17. The lowest BCUT2D eigenvalue weighted by atomic mass is 10.1. The summed E-state index contributed by atoms with van der Waals surface area (Å²) in [5.74, 6) is -0.235. The van der Waals surface area contributed by atoms with Gasteiger partial charge in [0.2, 0.25) is 5.91 Å². The second-order valence-corrected chi connectivity index (χ2v) is 4.66. The second kappa shape index (κ2) is 5.47. The van der Waals surface area contributed by atoms with E-state index in [0.29, 0.717) is 12.1 Å². The summed E-state index contributed by atoms with van der Waals surface area (Å²) < 4.78 is 0. The maximum Gasteiger partial charge on any atom is 0.234 e. The van der Waals surface area contributed by atoms with Crippen LogP contribution in [0.2, 0.25) is 0 Å². The van der Waals surface area contributed by atoms with Gasteiger partial charge in [0, 0.05) is 18.6 Å². The Hall–Kier alpha value is -0.610. The molecule has 0 aromatic carbocycles. The van der Waals surface area contributed by atoms with Crippen molar-refractivity contribution in [3.63, 3.8) is 0 Å². The standard InChI is InChI=1S/C11H23N3O/c1-8(2)14(9(3)11(12)15)7-10-5-4-6-13-10/h8-10,13H,4-7H2,1-3H3,(H2,12,15). The molecule has 15 heavy (non-hydrogen) atoms. The number of carbonyl (C=O) groups is 1. The van der Waals surface area contributed by atoms with Crippen molar-refractivity contribution in [3.05, 3.63) is 0 Å². The van der Waals surface area contributed by atoms with Crippen molar-refractivity contribution in [3.8, 4) is 0 Å². The molecule has 0 aromatic heterocycles. The molecule has 1 saturated heterocycles. The van der Waals surface area contributed by atoms with Gasteiger partial charge in [-0.05, 0) is 40.2 Å². The van der Waals surface area contributed by atoms with Crippen LogP contribution in [0.25, 0.3) is 0 Å². The fraction of sp³-hybridized carbons (Fsp3) is 0.909. The van der Waals surface area contributed by atoms with Gasteiger partial charge in [-0.1, -0.05) is 0 Å². The summed E-state index contributed by atoms with van der Waals surface area (Å²) in [6.45, 7) is 8.11. The Morgan fingerprint density at radius 3 is 2.60 bits per heavy atom. The lowest BCUT2D eigenvalue weighted by molar-refractivity contribution is -0.123. The Morgan fingerprint density at radius 2 is 2.20 bits per heavy atom. The van der Waals surface area contributed by atoms with E-state index in [1.165, 1.54) is 12.8 Å². The molecule has 0 radical (unpaired) electrons. The topological polar surface area (TPSA) is 58.4 Å². The van der Waals surface area contributed by atoms with E-state index in [1.54, 1.807) is 0 Å². The van der Waals surface area contributed by atoms with Crippen molar-refractivity contribution in [1.82, 2.24) is 10.2 Å². The van der Waals surface area contributed by atoms with Crippen LogP contribution in [0.15, 0.2) is 0 Å². The second-order valence-electron chi connectivity index (χ2n) is 4.66. The maximum atomic E-state index is 11.2. The Kier molecular flexibility index (Phi) is 4.54. The number of nitrogens with one attached hydrogen (secondary N) is 1. The number of nitrogens with zero attached hydrogens (tertiary/aromatic N) is 1. The first-order valence-electron chi connectivity index (χ1n) is 5.80. The van der Waals surface area contributed by atoms with E-state index < -0.39 is 0 Å². The quantitative estimate of drug-likeness (QED) is 0.691. The van der Waals surface area contributed by atoms with E-state index >= 15 is 0 Å². The van der Waals surface area contributed by atoms with Gasteiger partial charge < -0.3 is 11.1 Å². The Balaban J connectivity index is 2.53. The molecule has 1 heterocycles. The van der Waals surface area contributed by atoms with Gasteiger partial charge in [0.25, 0.3) is 0 Å². The smallest absolute Gasteiger partial charge is 0.234 e. The van der Waals surface area contributed by atoms with E-state index in [9.17, 15) is 4.79 Å². The minimum atomic E-state index is -0.235. The van der Waals surface area contributed by atoms with Crippen LogP contribution in [0.5, 0.6) is 0 Å². The Bertz CT molecular complexity index is 212. The van der Waals surface area contributed by atoms with Crippen LogP contribution in [-0.2, 0) is 4.79 Å². The Labute approximate surface area is 92.2 Å². The molecule has 0 aliphatic carbocycles. The SMILES string of the molecule is CC(C)N(CC1CCCN1)C(C)C(N)=O. The predicted octanol–water partition coefficient (Wildman–Crippen LogP) is 0.323. The molecule has 1 fully saturated rings. The van der Waals surface area contributed by atoms with Crippen molar-refractivity contribution in [1.29, 1.82) is 0 Å². The molecule has 2 unspecified atom stereocenters. The van der Waals surface area contributed by atoms with Crippen LogP contribution >= 0.6 is 0 Å². The van der Waals surface area contributed by atoms with Gasteiger partial charge in [0.15, 0.2) is 0 Å². The van der Waals surface area contributed by atoms with E-state index in [-0.39, 0.29) is 11.9 Å². The van der Waals surface area contributed by atoms with E-state index in [2.05, 4.69) is 24.1 Å². The monoisotopic (exact) mass is 213 g/mol. The zero-order valence-electron chi connectivity index (χ0n) is 9.99. The summed E-state index contributed by atoms with van der Waals surface area (Å²) in [5.41, 5.74) is 5.35. The lowest BCUT2D eigenvalue weighted by Crippen LogP contribution is -2.50. The number of primary amides is 1. The largest absolute Gasteiger partial charge is 0.368 e. The molecular formula is C11H23N3O. The normalized spacial score (nSPS) is 23.7. The summed E-state index contributed by atoms with van der Waals surface area (Å²) in [6.07, 6.45) is 2.44. The molecule has 1 aliphatic rings. The molecule has 4 nitrogen and oxygen atoms in total. The van der Waals surface area contributed by atoms with E-state index in [4.69, 9.17) is 5.73 Å². The number of hydrogen-bond donors (Lipinski definition) is 2. The predicted molar refractivity (Wildman–Crippen MR) is 61.5 cm³/mol. The van der Waals surface area contributed by atoms with Gasteiger partial charge in [-0.25, -0.2) is 0 Å². The summed E-state index contributed by atoms with van der Waals surface area (Å²) >= 11 is 0. The molecule has 1 rings (SSSR count). The van der Waals surface area contributed by atoms with E-state index in [1.807, 2.05) is 6.92 Å². The minimum Gasteiger partial charge on any atom is -0.368 e. The van der Waals surface area contributed by atoms with Gasteiger partial charge in [0.05, 0.1) is 6.04 Å². The molecule has 1 amide bonds. The van der Waals surface area contributed by atoms with Crippen LogP contribution in [0, 0.1) is 0 Å². The van der Waals surface area contributed by atoms with Crippen molar-refractivity contribution >= 4 is 5.91 Å². The minimum absolute atomic E-state index is 0.174. The van der Waals surface area contributed by atoms with Crippen molar-refractivity contribution in [2.24, 2.45) is 5.73 Å². The number of amides is 1. The first kappa shape index (κ1) is 12.5. The van der Waals surface area contributed by atoms with Crippen LogP contribution in [-0.4, -0.2) is 42.0 Å². The molecule has 0 bridgehead atoms. The number of hydrogen-bond acceptors (Lipinski definition) is 3.